The van der Waals surface area contributed by atoms with Crippen molar-refractivity contribution in [3.05, 3.63) is 64.2 Å². The highest BCUT2D eigenvalue weighted by Gasteiger charge is 2.08. The van der Waals surface area contributed by atoms with Crippen LogP contribution in [0.15, 0.2) is 53.4 Å². The van der Waals surface area contributed by atoms with Crippen LogP contribution in [-0.4, -0.2) is 16.6 Å². The summed E-state index contributed by atoms with van der Waals surface area (Å²) >= 11 is 1.35. The molecule has 0 aliphatic rings. The lowest BCUT2D eigenvalue weighted by Crippen LogP contribution is -2.15. The number of nitro benzene ring substituents is 1. The van der Waals surface area contributed by atoms with Crippen molar-refractivity contribution in [2.45, 2.75) is 18.2 Å². The molecule has 2 rings (SSSR count). The highest BCUT2D eigenvalue weighted by atomic mass is 32.2. The molecule has 0 saturated heterocycles. The molecule has 2 aromatic rings. The van der Waals surface area contributed by atoms with E-state index in [4.69, 9.17) is 0 Å². The van der Waals surface area contributed by atoms with E-state index in [-0.39, 0.29) is 17.3 Å². The van der Waals surface area contributed by atoms with Gasteiger partial charge in [0.05, 0.1) is 10.7 Å². The number of nitrogens with one attached hydrogen (secondary N) is 1. The zero-order chi connectivity index (χ0) is 15.9. The van der Waals surface area contributed by atoms with Crippen LogP contribution in [0.5, 0.6) is 0 Å². The second-order valence-corrected chi connectivity index (χ2v) is 5.65. The number of non-ortho nitro benzene ring substituents is 1. The number of thioether (sulfide) groups is 1. The summed E-state index contributed by atoms with van der Waals surface area (Å²) in [4.78, 5) is 22.9. The fourth-order valence-electron chi connectivity index (χ4n) is 1.95. The van der Waals surface area contributed by atoms with Crippen molar-refractivity contribution >= 4 is 29.0 Å². The number of para-hydroxylation sites is 1. The number of aryl methyl sites for hydroxylation is 1. The van der Waals surface area contributed by atoms with E-state index in [0.717, 1.165) is 22.6 Å². The molecule has 0 atom stereocenters. The Balaban J connectivity index is 1.91. The van der Waals surface area contributed by atoms with Gasteiger partial charge in [0.1, 0.15) is 0 Å². The summed E-state index contributed by atoms with van der Waals surface area (Å²) in [5.74, 6) is 0.166. The van der Waals surface area contributed by atoms with E-state index in [1.165, 1.54) is 23.9 Å². The predicted octanol–water partition coefficient (Wildman–Crippen LogP) is 3.89. The molecule has 0 aliphatic carbocycles. The molecule has 0 aromatic heterocycles. The summed E-state index contributed by atoms with van der Waals surface area (Å²) in [6.07, 6.45) is 0.853. The Morgan fingerprint density at radius 1 is 1.18 bits per heavy atom. The maximum atomic E-state index is 12.0. The van der Waals surface area contributed by atoms with Crippen molar-refractivity contribution < 1.29 is 9.72 Å². The van der Waals surface area contributed by atoms with Crippen LogP contribution < -0.4 is 5.32 Å². The molecule has 0 unspecified atom stereocenters. The number of carbonyl (C=O) groups excluding carboxylic acids is 1. The topological polar surface area (TPSA) is 72.2 Å². The van der Waals surface area contributed by atoms with Crippen LogP contribution in [0.25, 0.3) is 0 Å². The summed E-state index contributed by atoms with van der Waals surface area (Å²) in [6, 6.07) is 13.9. The quantitative estimate of drug-likeness (QED) is 0.498. The lowest BCUT2D eigenvalue weighted by molar-refractivity contribution is -0.384. The summed E-state index contributed by atoms with van der Waals surface area (Å²) in [6.45, 7) is 2.04. The minimum Gasteiger partial charge on any atom is -0.325 e. The van der Waals surface area contributed by atoms with E-state index < -0.39 is 4.92 Å². The van der Waals surface area contributed by atoms with Gasteiger partial charge in [-0.1, -0.05) is 25.1 Å². The third kappa shape index (κ3) is 4.33. The van der Waals surface area contributed by atoms with E-state index in [1.807, 2.05) is 31.2 Å². The number of nitro groups is 1. The first kappa shape index (κ1) is 16.0. The summed E-state index contributed by atoms with van der Waals surface area (Å²) in [5, 5.41) is 13.5. The number of amides is 1. The number of hydrogen-bond donors (Lipinski definition) is 1. The highest BCUT2D eigenvalue weighted by Crippen LogP contribution is 2.22. The maximum absolute atomic E-state index is 12.0. The van der Waals surface area contributed by atoms with Gasteiger partial charge in [-0.2, -0.15) is 0 Å². The average Bonchev–Trinajstić information content (AvgIpc) is 2.54. The molecule has 5 nitrogen and oxygen atoms in total. The number of anilines is 1. The minimum atomic E-state index is -0.442. The molecule has 114 valence electrons. The third-order valence-corrected chi connectivity index (χ3v) is 4.10. The smallest absolute Gasteiger partial charge is 0.269 e. The van der Waals surface area contributed by atoms with Gasteiger partial charge in [-0.25, -0.2) is 0 Å². The van der Waals surface area contributed by atoms with Crippen molar-refractivity contribution in [1.82, 2.24) is 0 Å². The second kappa shape index (κ2) is 7.61. The largest absolute Gasteiger partial charge is 0.325 e. The monoisotopic (exact) mass is 316 g/mol. The first-order chi connectivity index (χ1) is 10.6. The Labute approximate surface area is 132 Å². The van der Waals surface area contributed by atoms with Crippen LogP contribution in [0.2, 0.25) is 0 Å². The van der Waals surface area contributed by atoms with Crippen LogP contribution in [-0.2, 0) is 11.2 Å². The van der Waals surface area contributed by atoms with Gasteiger partial charge in [-0.3, -0.25) is 14.9 Å². The number of nitrogens with zero attached hydrogens (tertiary/aromatic N) is 1. The van der Waals surface area contributed by atoms with Crippen molar-refractivity contribution in [2.24, 2.45) is 0 Å². The summed E-state index contributed by atoms with van der Waals surface area (Å²) in [7, 11) is 0. The first-order valence-corrected chi connectivity index (χ1v) is 7.83. The molecule has 0 fully saturated rings. The van der Waals surface area contributed by atoms with E-state index in [0.29, 0.717) is 0 Å². The SMILES string of the molecule is CCc1ccccc1NC(=O)CSc1ccc([N+](=O)[O-])cc1. The van der Waals surface area contributed by atoms with Crippen LogP contribution in [0, 0.1) is 10.1 Å². The van der Waals surface area contributed by atoms with E-state index in [9.17, 15) is 14.9 Å². The van der Waals surface area contributed by atoms with Gasteiger partial charge < -0.3 is 5.32 Å². The third-order valence-electron chi connectivity index (χ3n) is 3.09. The lowest BCUT2D eigenvalue weighted by Gasteiger charge is -2.09. The van der Waals surface area contributed by atoms with Crippen molar-refractivity contribution in [3.8, 4) is 0 Å². The molecule has 0 spiro atoms. The summed E-state index contributed by atoms with van der Waals surface area (Å²) in [5.41, 5.74) is 1.97. The van der Waals surface area contributed by atoms with E-state index in [1.54, 1.807) is 12.1 Å². The van der Waals surface area contributed by atoms with Gasteiger partial charge >= 0.3 is 0 Å². The zero-order valence-corrected chi connectivity index (χ0v) is 12.9. The van der Waals surface area contributed by atoms with Crippen LogP contribution in [0.1, 0.15) is 12.5 Å². The summed E-state index contributed by atoms with van der Waals surface area (Å²) < 4.78 is 0. The number of hydrogen-bond acceptors (Lipinski definition) is 4. The van der Waals surface area contributed by atoms with Crippen LogP contribution >= 0.6 is 11.8 Å². The van der Waals surface area contributed by atoms with Gasteiger partial charge in [-0.15, -0.1) is 11.8 Å². The molecule has 1 N–H and O–H groups in total. The van der Waals surface area contributed by atoms with Crippen molar-refractivity contribution in [1.29, 1.82) is 0 Å². The Morgan fingerprint density at radius 2 is 1.86 bits per heavy atom. The molecule has 0 heterocycles. The number of carbonyl (C=O) groups is 1. The van der Waals surface area contributed by atoms with Crippen LogP contribution in [0.4, 0.5) is 11.4 Å². The lowest BCUT2D eigenvalue weighted by atomic mass is 10.1. The molecular weight excluding hydrogens is 300 g/mol. The van der Waals surface area contributed by atoms with Crippen LogP contribution in [0.3, 0.4) is 0 Å². The van der Waals surface area contributed by atoms with E-state index in [2.05, 4.69) is 5.32 Å². The minimum absolute atomic E-state index is 0.0469. The van der Waals surface area contributed by atoms with E-state index >= 15 is 0 Å². The second-order valence-electron chi connectivity index (χ2n) is 4.60. The van der Waals surface area contributed by atoms with Gasteiger partial charge in [0.2, 0.25) is 5.91 Å². The van der Waals surface area contributed by atoms with Gasteiger partial charge in [0.15, 0.2) is 0 Å². The molecule has 22 heavy (non-hydrogen) atoms. The molecule has 1 amide bonds. The molecule has 0 bridgehead atoms. The van der Waals surface area contributed by atoms with Gasteiger partial charge in [0, 0.05) is 22.7 Å². The van der Waals surface area contributed by atoms with Gasteiger partial charge in [0.25, 0.3) is 5.69 Å². The normalized spacial score (nSPS) is 10.2. The number of rotatable bonds is 6. The standard InChI is InChI=1S/C16H16N2O3S/c1-2-12-5-3-4-6-15(12)17-16(19)11-22-14-9-7-13(8-10-14)18(20)21/h3-10H,2,11H2,1H3,(H,17,19). The molecule has 0 aliphatic heterocycles. The fraction of sp³-hybridized carbons (Fsp3) is 0.188. The Kier molecular flexibility index (Phi) is 5.55. The Bertz CT molecular complexity index is 671. The predicted molar refractivity (Wildman–Crippen MR) is 88.3 cm³/mol. The molecular formula is C16H16N2O3S. The molecule has 6 heteroatoms. The molecule has 0 saturated carbocycles. The average molecular weight is 316 g/mol. The van der Waals surface area contributed by atoms with Crippen molar-refractivity contribution in [2.75, 3.05) is 11.1 Å². The Hall–Kier alpha value is -2.34. The highest BCUT2D eigenvalue weighted by molar-refractivity contribution is 8.00. The molecule has 0 radical (unpaired) electrons. The van der Waals surface area contributed by atoms with Gasteiger partial charge in [-0.05, 0) is 30.2 Å². The Morgan fingerprint density at radius 3 is 2.50 bits per heavy atom. The zero-order valence-electron chi connectivity index (χ0n) is 12.1. The fourth-order valence-corrected chi connectivity index (χ4v) is 2.65. The number of benzene rings is 2. The maximum Gasteiger partial charge on any atom is 0.269 e. The molecule has 2 aromatic carbocycles. The first-order valence-electron chi connectivity index (χ1n) is 6.85. The van der Waals surface area contributed by atoms with Crippen molar-refractivity contribution in [3.63, 3.8) is 0 Å².